The van der Waals surface area contributed by atoms with Gasteiger partial charge in [-0.1, -0.05) is 96.8 Å². The average Bonchev–Trinajstić information content (AvgIpc) is 2.92. The van der Waals surface area contributed by atoms with Crippen LogP contribution in [0, 0.1) is 0 Å². The molecule has 0 heterocycles. The van der Waals surface area contributed by atoms with Crippen LogP contribution in [0.15, 0.2) is 0 Å². The zero-order valence-electron chi connectivity index (χ0n) is 24.5. The fourth-order valence-corrected chi connectivity index (χ4v) is 4.07. The number of hydrogen-bond donors (Lipinski definition) is 0. The highest BCUT2D eigenvalue weighted by molar-refractivity contribution is 6.17. The zero-order valence-corrected chi connectivity index (χ0v) is 25.3. The molecule has 0 fully saturated rings. The van der Waals surface area contributed by atoms with E-state index in [9.17, 15) is 4.79 Å². The van der Waals surface area contributed by atoms with Crippen molar-refractivity contribution >= 4 is 17.6 Å². The van der Waals surface area contributed by atoms with Crippen molar-refractivity contribution in [3.63, 3.8) is 0 Å². The lowest BCUT2D eigenvalue weighted by molar-refractivity contribution is -0.145. The summed E-state index contributed by atoms with van der Waals surface area (Å²) in [5.74, 6) is 0.379. The molecule has 0 N–H and O–H groups in total. The van der Waals surface area contributed by atoms with Crippen molar-refractivity contribution in [1.29, 1.82) is 0 Å². The fraction of sp³-hybridized carbons (Fsp3) is 0.967. The second-order valence-corrected chi connectivity index (χ2v) is 10.0. The van der Waals surface area contributed by atoms with Gasteiger partial charge in [0.25, 0.3) is 0 Å². The van der Waals surface area contributed by atoms with Gasteiger partial charge in [0, 0.05) is 12.3 Å². The van der Waals surface area contributed by atoms with Crippen LogP contribution in [0.3, 0.4) is 0 Å². The van der Waals surface area contributed by atoms with Crippen LogP contribution in [0.2, 0.25) is 0 Å². The van der Waals surface area contributed by atoms with Crippen molar-refractivity contribution < 1.29 is 33.2 Å². The van der Waals surface area contributed by atoms with Gasteiger partial charge in [-0.05, 0) is 6.42 Å². The molecule has 0 bridgehead atoms. The Kier molecular flexibility index (Phi) is 34.2. The van der Waals surface area contributed by atoms with Crippen molar-refractivity contribution in [3.05, 3.63) is 0 Å². The van der Waals surface area contributed by atoms with Gasteiger partial charge >= 0.3 is 5.97 Å². The monoisotopic (exact) mass is 566 g/mol. The molecule has 7 nitrogen and oxygen atoms in total. The Balaban J connectivity index is 3.14. The number of ether oxygens (including phenoxy) is 6. The second-order valence-electron chi connectivity index (χ2n) is 9.67. The van der Waals surface area contributed by atoms with Crippen molar-refractivity contribution in [1.82, 2.24) is 0 Å². The minimum atomic E-state index is -0.122. The predicted molar refractivity (Wildman–Crippen MR) is 155 cm³/mol. The normalized spacial score (nSPS) is 11.3. The summed E-state index contributed by atoms with van der Waals surface area (Å²) >= 11 is 5.51. The van der Waals surface area contributed by atoms with Gasteiger partial charge in [-0.3, -0.25) is 4.79 Å². The van der Waals surface area contributed by atoms with E-state index >= 15 is 0 Å². The number of esters is 1. The molecule has 0 spiro atoms. The van der Waals surface area contributed by atoms with Gasteiger partial charge in [0.15, 0.2) is 0 Å². The van der Waals surface area contributed by atoms with E-state index in [1.807, 2.05) is 0 Å². The minimum absolute atomic E-state index is 0.122. The Labute approximate surface area is 238 Å². The maximum Gasteiger partial charge on any atom is 0.305 e. The average molecular weight is 567 g/mol. The third kappa shape index (κ3) is 33.6. The summed E-state index contributed by atoms with van der Waals surface area (Å²) in [6, 6.07) is 0. The van der Waals surface area contributed by atoms with Crippen LogP contribution in [0.5, 0.6) is 0 Å². The third-order valence-electron chi connectivity index (χ3n) is 6.18. The summed E-state index contributed by atoms with van der Waals surface area (Å²) < 4.78 is 32.1. The number of halogens is 1. The van der Waals surface area contributed by atoms with Crippen LogP contribution in [0.25, 0.3) is 0 Å². The quantitative estimate of drug-likeness (QED) is 0.0476. The first kappa shape index (κ1) is 37.6. The second kappa shape index (κ2) is 34.6. The van der Waals surface area contributed by atoms with Gasteiger partial charge in [0.2, 0.25) is 0 Å². The van der Waals surface area contributed by atoms with E-state index in [2.05, 4.69) is 6.92 Å². The Morgan fingerprint density at radius 3 is 1.13 bits per heavy atom. The maximum absolute atomic E-state index is 11.8. The van der Waals surface area contributed by atoms with E-state index in [1.165, 1.54) is 83.5 Å². The smallest absolute Gasteiger partial charge is 0.305 e. The van der Waals surface area contributed by atoms with Crippen molar-refractivity contribution in [2.24, 2.45) is 0 Å². The van der Waals surface area contributed by atoms with Gasteiger partial charge in [-0.25, -0.2) is 0 Å². The molecule has 0 unspecified atom stereocenters. The topological polar surface area (TPSA) is 72.5 Å². The lowest BCUT2D eigenvalue weighted by atomic mass is 10.0. The summed E-state index contributed by atoms with van der Waals surface area (Å²) in [4.78, 5) is 11.8. The van der Waals surface area contributed by atoms with E-state index in [4.69, 9.17) is 40.0 Å². The van der Waals surface area contributed by atoms with Crippen molar-refractivity contribution in [3.8, 4) is 0 Å². The molecule has 0 saturated carbocycles. The number of alkyl halides is 1. The molecular formula is C30H59ClO7. The highest BCUT2D eigenvalue weighted by Gasteiger charge is 2.03. The van der Waals surface area contributed by atoms with Crippen LogP contribution in [-0.2, 0) is 33.2 Å². The van der Waals surface area contributed by atoms with Crippen molar-refractivity contribution in [2.75, 3.05) is 78.6 Å². The molecule has 0 aromatic rings. The molecule has 0 aliphatic rings. The summed E-state index contributed by atoms with van der Waals surface area (Å²) in [5.41, 5.74) is 0. The molecule has 0 aliphatic carbocycles. The van der Waals surface area contributed by atoms with Gasteiger partial charge in [-0.15, -0.1) is 11.6 Å². The number of unbranched alkanes of at least 4 members (excludes halogenated alkanes) is 14. The van der Waals surface area contributed by atoms with Crippen LogP contribution in [-0.4, -0.2) is 84.5 Å². The summed E-state index contributed by atoms with van der Waals surface area (Å²) in [5, 5.41) is 0. The number of carbonyl (C=O) groups is 1. The number of hydrogen-bond acceptors (Lipinski definition) is 7. The zero-order chi connectivity index (χ0) is 27.6. The molecule has 38 heavy (non-hydrogen) atoms. The summed E-state index contributed by atoms with van der Waals surface area (Å²) in [7, 11) is 0. The van der Waals surface area contributed by atoms with E-state index in [0.717, 1.165) is 12.8 Å². The SMILES string of the molecule is CCCCCCCCCCCCCCCCCC(=O)OCCOCCOCCOCCOCCOCCCl. The molecule has 0 amide bonds. The number of carbonyl (C=O) groups excluding carboxylic acids is 1. The molecule has 0 atom stereocenters. The fourth-order valence-electron chi connectivity index (χ4n) is 3.96. The van der Waals surface area contributed by atoms with E-state index < -0.39 is 0 Å². The lowest BCUT2D eigenvalue weighted by Crippen LogP contribution is -2.15. The van der Waals surface area contributed by atoms with Gasteiger partial charge in [-0.2, -0.15) is 0 Å². The van der Waals surface area contributed by atoms with E-state index in [1.54, 1.807) is 0 Å². The van der Waals surface area contributed by atoms with Crippen LogP contribution in [0.4, 0.5) is 0 Å². The van der Waals surface area contributed by atoms with Gasteiger partial charge in [0.1, 0.15) is 6.61 Å². The standard InChI is InChI=1S/C30H59ClO7/c1-2-3-4-5-6-7-8-9-10-11-12-13-14-15-16-17-30(32)38-29-28-37-27-26-36-25-24-35-23-22-34-21-20-33-19-18-31/h2-29H2,1H3. The summed E-state index contributed by atoms with van der Waals surface area (Å²) in [6.45, 7) is 7.67. The Morgan fingerprint density at radius 2 is 0.763 bits per heavy atom. The lowest BCUT2D eigenvalue weighted by Gasteiger charge is -2.08. The third-order valence-corrected chi connectivity index (χ3v) is 6.34. The minimum Gasteiger partial charge on any atom is -0.463 e. The largest absolute Gasteiger partial charge is 0.463 e. The molecule has 0 radical (unpaired) electrons. The first-order valence-electron chi connectivity index (χ1n) is 15.4. The predicted octanol–water partition coefficient (Wildman–Crippen LogP) is 7.11. The molecule has 0 aromatic heterocycles. The van der Waals surface area contributed by atoms with Gasteiger partial charge < -0.3 is 28.4 Å². The van der Waals surface area contributed by atoms with Crippen molar-refractivity contribution in [2.45, 2.75) is 110 Å². The molecule has 0 aromatic carbocycles. The molecular weight excluding hydrogens is 508 g/mol. The molecule has 0 saturated heterocycles. The Morgan fingerprint density at radius 1 is 0.447 bits per heavy atom. The highest BCUT2D eigenvalue weighted by atomic mass is 35.5. The van der Waals surface area contributed by atoms with Gasteiger partial charge in [0.05, 0.1) is 66.1 Å². The van der Waals surface area contributed by atoms with E-state index in [-0.39, 0.29) is 5.97 Å². The highest BCUT2D eigenvalue weighted by Crippen LogP contribution is 2.13. The number of rotatable bonds is 33. The maximum atomic E-state index is 11.8. The van der Waals surface area contributed by atoms with E-state index in [0.29, 0.717) is 85.0 Å². The first-order chi connectivity index (χ1) is 18.8. The van der Waals surface area contributed by atoms with Crippen LogP contribution >= 0.6 is 11.6 Å². The van der Waals surface area contributed by atoms with Crippen LogP contribution in [0.1, 0.15) is 110 Å². The molecule has 0 aliphatic heterocycles. The first-order valence-corrected chi connectivity index (χ1v) is 15.9. The molecule has 0 rings (SSSR count). The van der Waals surface area contributed by atoms with Crippen LogP contribution < -0.4 is 0 Å². The Hall–Kier alpha value is -0.440. The molecule has 228 valence electrons. The molecule has 8 heteroatoms. The summed E-state index contributed by atoms with van der Waals surface area (Å²) in [6.07, 6.45) is 20.3. The Bertz CT molecular complexity index is 454.